The van der Waals surface area contributed by atoms with Gasteiger partial charge in [0.2, 0.25) is 5.91 Å². The molecule has 1 aromatic heterocycles. The van der Waals surface area contributed by atoms with E-state index in [1.165, 1.54) is 18.3 Å². The number of hydrogen-bond acceptors (Lipinski definition) is 3. The predicted molar refractivity (Wildman–Crippen MR) is 62.4 cm³/mol. The van der Waals surface area contributed by atoms with Crippen molar-refractivity contribution in [1.82, 2.24) is 0 Å². The van der Waals surface area contributed by atoms with Gasteiger partial charge in [0.15, 0.2) is 5.78 Å². The number of carbonyl (C=O) groups is 2. The number of amides is 1. The minimum Gasteiger partial charge on any atom is -0.317 e. The lowest BCUT2D eigenvalue weighted by molar-refractivity contribution is -0.114. The molecule has 3 nitrogen and oxygen atoms in total. The Morgan fingerprint density at radius 2 is 1.93 bits per heavy atom. The first-order valence-corrected chi connectivity index (χ1v) is 5.60. The van der Waals surface area contributed by atoms with E-state index in [2.05, 4.69) is 5.32 Å². The molecule has 0 unspecified atom stereocenters. The SMILES string of the molecule is CC(=O)Nc1sccc1C(=O)C(C)(C)C. The Morgan fingerprint density at radius 3 is 2.40 bits per heavy atom. The highest BCUT2D eigenvalue weighted by atomic mass is 32.1. The van der Waals surface area contributed by atoms with E-state index in [0.717, 1.165) is 0 Å². The quantitative estimate of drug-likeness (QED) is 0.786. The highest BCUT2D eigenvalue weighted by molar-refractivity contribution is 7.14. The average Bonchev–Trinajstić information content (AvgIpc) is 2.48. The summed E-state index contributed by atoms with van der Waals surface area (Å²) in [6.07, 6.45) is 0. The average molecular weight is 225 g/mol. The van der Waals surface area contributed by atoms with Gasteiger partial charge in [0.25, 0.3) is 0 Å². The second-order valence-corrected chi connectivity index (χ2v) is 5.34. The fraction of sp³-hybridized carbons (Fsp3) is 0.455. The summed E-state index contributed by atoms with van der Waals surface area (Å²) in [4.78, 5) is 22.9. The van der Waals surface area contributed by atoms with Gasteiger partial charge >= 0.3 is 0 Å². The van der Waals surface area contributed by atoms with Gasteiger partial charge in [-0.1, -0.05) is 20.8 Å². The third-order valence-electron chi connectivity index (χ3n) is 1.88. The Bertz CT molecular complexity index is 388. The van der Waals surface area contributed by atoms with E-state index in [-0.39, 0.29) is 11.7 Å². The standard InChI is InChI=1S/C11H15NO2S/c1-7(13)12-10-8(5-6-15-10)9(14)11(2,3)4/h5-6H,1-4H3,(H,12,13). The highest BCUT2D eigenvalue weighted by Crippen LogP contribution is 2.30. The van der Waals surface area contributed by atoms with Crippen LogP contribution in [0.15, 0.2) is 11.4 Å². The minimum absolute atomic E-state index is 0.0486. The molecule has 0 atom stereocenters. The van der Waals surface area contributed by atoms with Crippen LogP contribution >= 0.6 is 11.3 Å². The summed E-state index contributed by atoms with van der Waals surface area (Å²) in [6.45, 7) is 7.03. The smallest absolute Gasteiger partial charge is 0.221 e. The van der Waals surface area contributed by atoms with Gasteiger partial charge < -0.3 is 5.32 Å². The predicted octanol–water partition coefficient (Wildman–Crippen LogP) is 2.94. The molecule has 0 aromatic carbocycles. The van der Waals surface area contributed by atoms with Crippen LogP contribution in [0.2, 0.25) is 0 Å². The van der Waals surface area contributed by atoms with E-state index in [0.29, 0.717) is 10.6 Å². The number of thiophene rings is 1. The summed E-state index contributed by atoms with van der Waals surface area (Å²) in [5.74, 6) is -0.104. The zero-order chi connectivity index (χ0) is 11.6. The van der Waals surface area contributed by atoms with Crippen molar-refractivity contribution < 1.29 is 9.59 Å². The van der Waals surface area contributed by atoms with Gasteiger partial charge in [0, 0.05) is 12.3 Å². The van der Waals surface area contributed by atoms with E-state index in [4.69, 9.17) is 0 Å². The zero-order valence-electron chi connectivity index (χ0n) is 9.38. The Labute approximate surface area is 93.5 Å². The monoisotopic (exact) mass is 225 g/mol. The summed E-state index contributed by atoms with van der Waals surface area (Å²) >= 11 is 1.37. The number of carbonyl (C=O) groups excluding carboxylic acids is 2. The third-order valence-corrected chi connectivity index (χ3v) is 2.71. The molecule has 4 heteroatoms. The van der Waals surface area contributed by atoms with Crippen LogP contribution in [-0.4, -0.2) is 11.7 Å². The van der Waals surface area contributed by atoms with Gasteiger partial charge in [-0.15, -0.1) is 11.3 Å². The molecule has 1 amide bonds. The molecule has 0 saturated heterocycles. The van der Waals surface area contributed by atoms with Crippen molar-refractivity contribution >= 4 is 28.0 Å². The number of nitrogens with one attached hydrogen (secondary N) is 1. The molecule has 1 aromatic rings. The Balaban J connectivity index is 3.00. The summed E-state index contributed by atoms with van der Waals surface area (Å²) in [5, 5.41) is 5.12. The van der Waals surface area contributed by atoms with Crippen LogP contribution in [0, 0.1) is 5.41 Å². The van der Waals surface area contributed by atoms with E-state index < -0.39 is 5.41 Å². The summed E-state index contributed by atoms with van der Waals surface area (Å²) in [7, 11) is 0. The van der Waals surface area contributed by atoms with Gasteiger partial charge in [-0.2, -0.15) is 0 Å². The van der Waals surface area contributed by atoms with Crippen LogP contribution < -0.4 is 5.32 Å². The largest absolute Gasteiger partial charge is 0.317 e. The molecule has 1 N–H and O–H groups in total. The van der Waals surface area contributed by atoms with Crippen molar-refractivity contribution in [2.24, 2.45) is 5.41 Å². The normalized spacial score (nSPS) is 11.2. The molecule has 0 aliphatic rings. The van der Waals surface area contributed by atoms with E-state index in [1.54, 1.807) is 6.07 Å². The van der Waals surface area contributed by atoms with Crippen molar-refractivity contribution in [2.75, 3.05) is 5.32 Å². The summed E-state index contributed by atoms with van der Waals surface area (Å²) in [6, 6.07) is 1.75. The summed E-state index contributed by atoms with van der Waals surface area (Å²) < 4.78 is 0. The minimum atomic E-state index is -0.422. The van der Waals surface area contributed by atoms with Gasteiger partial charge in [-0.05, 0) is 11.4 Å². The molecule has 0 saturated carbocycles. The zero-order valence-corrected chi connectivity index (χ0v) is 10.2. The first-order chi connectivity index (χ1) is 6.82. The fourth-order valence-electron chi connectivity index (χ4n) is 1.15. The topological polar surface area (TPSA) is 46.2 Å². The number of anilines is 1. The molecule has 15 heavy (non-hydrogen) atoms. The van der Waals surface area contributed by atoms with Crippen molar-refractivity contribution in [3.05, 3.63) is 17.0 Å². The third kappa shape index (κ3) is 2.89. The molecule has 1 rings (SSSR count). The second-order valence-electron chi connectivity index (χ2n) is 4.42. The highest BCUT2D eigenvalue weighted by Gasteiger charge is 2.25. The Hall–Kier alpha value is -1.16. The van der Waals surface area contributed by atoms with Crippen molar-refractivity contribution in [2.45, 2.75) is 27.7 Å². The van der Waals surface area contributed by atoms with Crippen molar-refractivity contribution in [3.63, 3.8) is 0 Å². The number of rotatable bonds is 2. The van der Waals surface area contributed by atoms with Crippen LogP contribution in [0.3, 0.4) is 0 Å². The van der Waals surface area contributed by atoms with Gasteiger partial charge in [0.05, 0.1) is 5.56 Å². The molecule has 0 radical (unpaired) electrons. The van der Waals surface area contributed by atoms with Crippen molar-refractivity contribution in [1.29, 1.82) is 0 Å². The van der Waals surface area contributed by atoms with Crippen LogP contribution in [0.1, 0.15) is 38.1 Å². The molecule has 1 heterocycles. The molecular formula is C11H15NO2S. The molecule has 0 bridgehead atoms. The molecule has 0 fully saturated rings. The van der Waals surface area contributed by atoms with E-state index in [1.807, 2.05) is 26.2 Å². The first kappa shape index (κ1) is 11.9. The molecule has 0 spiro atoms. The van der Waals surface area contributed by atoms with E-state index in [9.17, 15) is 9.59 Å². The number of Topliss-reactive ketones (excluding diaryl/α,β-unsaturated/α-hetero) is 1. The maximum atomic E-state index is 12.0. The van der Waals surface area contributed by atoms with Crippen LogP contribution in [0.4, 0.5) is 5.00 Å². The number of hydrogen-bond donors (Lipinski definition) is 1. The lowest BCUT2D eigenvalue weighted by Crippen LogP contribution is -2.21. The van der Waals surface area contributed by atoms with Crippen LogP contribution in [0.5, 0.6) is 0 Å². The maximum absolute atomic E-state index is 12.0. The fourth-order valence-corrected chi connectivity index (χ4v) is 1.98. The van der Waals surface area contributed by atoms with Crippen LogP contribution in [-0.2, 0) is 4.79 Å². The lowest BCUT2D eigenvalue weighted by atomic mass is 9.87. The Morgan fingerprint density at radius 1 is 1.33 bits per heavy atom. The molecule has 0 aliphatic heterocycles. The van der Waals surface area contributed by atoms with Gasteiger partial charge in [0.1, 0.15) is 5.00 Å². The lowest BCUT2D eigenvalue weighted by Gasteiger charge is -2.16. The number of ketones is 1. The molecule has 82 valence electrons. The summed E-state index contributed by atoms with van der Waals surface area (Å²) in [5.41, 5.74) is 0.177. The van der Waals surface area contributed by atoms with Crippen molar-refractivity contribution in [3.8, 4) is 0 Å². The van der Waals surface area contributed by atoms with E-state index >= 15 is 0 Å². The Kier molecular flexibility index (Phi) is 3.29. The van der Waals surface area contributed by atoms with Gasteiger partial charge in [-0.3, -0.25) is 9.59 Å². The maximum Gasteiger partial charge on any atom is 0.221 e. The molecule has 0 aliphatic carbocycles. The van der Waals surface area contributed by atoms with Crippen LogP contribution in [0.25, 0.3) is 0 Å². The van der Waals surface area contributed by atoms with Gasteiger partial charge in [-0.25, -0.2) is 0 Å². The first-order valence-electron chi connectivity index (χ1n) is 4.72. The molecular weight excluding hydrogens is 210 g/mol. The second kappa shape index (κ2) is 4.14.